The summed E-state index contributed by atoms with van der Waals surface area (Å²) in [5, 5.41) is 3.33. The van der Waals surface area contributed by atoms with E-state index in [0.29, 0.717) is 35.2 Å². The lowest BCUT2D eigenvalue weighted by Gasteiger charge is -2.16. The fourth-order valence-electron chi connectivity index (χ4n) is 3.09. The average molecular weight is 388 g/mol. The molecule has 1 N–H and O–H groups in total. The Labute approximate surface area is 168 Å². The van der Waals surface area contributed by atoms with E-state index in [1.165, 1.54) is 12.1 Å². The van der Waals surface area contributed by atoms with E-state index in [-0.39, 0.29) is 11.9 Å². The Hall–Kier alpha value is -3.54. The molecule has 6 heteroatoms. The van der Waals surface area contributed by atoms with Crippen molar-refractivity contribution in [1.82, 2.24) is 15.0 Å². The van der Waals surface area contributed by atoms with Crippen molar-refractivity contribution in [3.8, 4) is 17.1 Å². The highest BCUT2D eigenvalue weighted by Crippen LogP contribution is 2.27. The summed E-state index contributed by atoms with van der Waals surface area (Å²) in [7, 11) is 0. The van der Waals surface area contributed by atoms with Gasteiger partial charge in [0.15, 0.2) is 5.52 Å². The van der Waals surface area contributed by atoms with Crippen molar-refractivity contribution in [1.29, 1.82) is 0 Å². The number of nitrogens with one attached hydrogen (secondary N) is 1. The molecule has 0 unspecified atom stereocenters. The number of anilines is 1. The van der Waals surface area contributed by atoms with Gasteiger partial charge in [-0.3, -0.25) is 0 Å². The molecule has 0 aliphatic heterocycles. The zero-order chi connectivity index (χ0) is 20.2. The van der Waals surface area contributed by atoms with Crippen LogP contribution in [0.3, 0.4) is 0 Å². The molecule has 5 nitrogen and oxygen atoms in total. The molecule has 0 bridgehead atoms. The Morgan fingerprint density at radius 3 is 2.41 bits per heavy atom. The van der Waals surface area contributed by atoms with Gasteiger partial charge in [0.1, 0.15) is 5.82 Å². The van der Waals surface area contributed by atoms with Gasteiger partial charge in [-0.05, 0) is 55.8 Å². The van der Waals surface area contributed by atoms with Crippen LogP contribution < -0.4 is 10.1 Å². The van der Waals surface area contributed by atoms with Gasteiger partial charge in [0.25, 0.3) is 0 Å². The Bertz CT molecular complexity index is 1120. The first-order valence-electron chi connectivity index (χ1n) is 9.53. The number of ether oxygens (including phenoxy) is 1. The van der Waals surface area contributed by atoms with Crippen LogP contribution >= 0.6 is 0 Å². The summed E-state index contributed by atoms with van der Waals surface area (Å²) in [5.41, 5.74) is 3.92. The van der Waals surface area contributed by atoms with E-state index in [1.807, 2.05) is 37.3 Å². The molecule has 2 aromatic carbocycles. The molecule has 146 valence electrons. The van der Waals surface area contributed by atoms with Crippen LogP contribution in [0.2, 0.25) is 0 Å². The maximum atomic E-state index is 13.2. The van der Waals surface area contributed by atoms with Gasteiger partial charge < -0.3 is 10.1 Å². The Morgan fingerprint density at radius 1 is 0.931 bits per heavy atom. The normalized spacial score (nSPS) is 12.0. The Balaban J connectivity index is 1.71. The number of nitrogens with zero attached hydrogens (tertiary/aromatic N) is 3. The maximum Gasteiger partial charge on any atom is 0.245 e. The molecule has 0 saturated carbocycles. The van der Waals surface area contributed by atoms with Crippen molar-refractivity contribution in [2.75, 3.05) is 11.9 Å². The summed E-state index contributed by atoms with van der Waals surface area (Å²) in [6.45, 7) is 4.42. The fourth-order valence-corrected chi connectivity index (χ4v) is 3.09. The van der Waals surface area contributed by atoms with Gasteiger partial charge >= 0.3 is 0 Å². The molecule has 0 fully saturated rings. The average Bonchev–Trinajstić information content (AvgIpc) is 2.75. The molecule has 0 radical (unpaired) electrons. The van der Waals surface area contributed by atoms with Gasteiger partial charge in [-0.1, -0.05) is 30.3 Å². The van der Waals surface area contributed by atoms with Crippen molar-refractivity contribution < 1.29 is 9.13 Å². The highest BCUT2D eigenvalue weighted by Gasteiger charge is 2.14. The van der Waals surface area contributed by atoms with E-state index in [2.05, 4.69) is 39.3 Å². The summed E-state index contributed by atoms with van der Waals surface area (Å²) in [6.07, 6.45) is 0. The summed E-state index contributed by atoms with van der Waals surface area (Å²) in [5.74, 6) is 0.619. The number of rotatable bonds is 6. The third kappa shape index (κ3) is 4.16. The van der Waals surface area contributed by atoms with Gasteiger partial charge in [0.05, 0.1) is 23.9 Å². The first-order chi connectivity index (χ1) is 14.1. The number of benzene rings is 2. The minimum Gasteiger partial charge on any atom is -0.476 e. The molecule has 2 aromatic heterocycles. The second kappa shape index (κ2) is 8.22. The smallest absolute Gasteiger partial charge is 0.245 e. The van der Waals surface area contributed by atoms with Crippen LogP contribution in [0.25, 0.3) is 22.3 Å². The molecule has 2 heterocycles. The summed E-state index contributed by atoms with van der Waals surface area (Å²) >= 11 is 0. The highest BCUT2D eigenvalue weighted by atomic mass is 19.1. The van der Waals surface area contributed by atoms with Crippen molar-refractivity contribution in [2.24, 2.45) is 0 Å². The quantitative estimate of drug-likeness (QED) is 0.479. The first kappa shape index (κ1) is 18.8. The maximum absolute atomic E-state index is 13.2. The molecular weight excluding hydrogens is 367 g/mol. The molecule has 0 amide bonds. The molecule has 0 saturated heterocycles. The minimum atomic E-state index is -0.281. The lowest BCUT2D eigenvalue weighted by atomic mass is 10.1. The summed E-state index contributed by atoms with van der Waals surface area (Å²) in [4.78, 5) is 13.8. The van der Waals surface area contributed by atoms with E-state index in [9.17, 15) is 4.39 Å². The van der Waals surface area contributed by atoms with Crippen molar-refractivity contribution >= 4 is 17.0 Å². The number of halogens is 1. The molecule has 4 rings (SSSR count). The van der Waals surface area contributed by atoms with Crippen LogP contribution in [0.15, 0.2) is 66.7 Å². The van der Waals surface area contributed by atoms with E-state index >= 15 is 0 Å². The van der Waals surface area contributed by atoms with Gasteiger partial charge in [-0.25, -0.2) is 14.4 Å². The van der Waals surface area contributed by atoms with Gasteiger partial charge in [-0.15, -0.1) is 0 Å². The van der Waals surface area contributed by atoms with Crippen LogP contribution in [0, 0.1) is 5.82 Å². The molecule has 0 aliphatic rings. The predicted octanol–water partition coefficient (Wildman–Crippen LogP) is 5.40. The molecule has 0 spiro atoms. The van der Waals surface area contributed by atoms with E-state index in [1.54, 1.807) is 12.1 Å². The van der Waals surface area contributed by atoms with Gasteiger partial charge in [0.2, 0.25) is 11.8 Å². The van der Waals surface area contributed by atoms with Crippen molar-refractivity contribution in [3.05, 3.63) is 78.1 Å². The largest absolute Gasteiger partial charge is 0.476 e. The number of aromatic nitrogens is 3. The molecular formula is C23H21FN4O. The van der Waals surface area contributed by atoms with Crippen LogP contribution in [-0.4, -0.2) is 21.6 Å². The molecule has 4 aromatic rings. The Morgan fingerprint density at radius 2 is 1.69 bits per heavy atom. The van der Waals surface area contributed by atoms with Crippen molar-refractivity contribution in [3.63, 3.8) is 0 Å². The highest BCUT2D eigenvalue weighted by molar-refractivity contribution is 5.83. The van der Waals surface area contributed by atoms with E-state index < -0.39 is 0 Å². The first-order valence-corrected chi connectivity index (χ1v) is 9.53. The Kier molecular flexibility index (Phi) is 5.33. The molecule has 29 heavy (non-hydrogen) atoms. The lowest BCUT2D eigenvalue weighted by molar-refractivity contribution is 0.330. The fraction of sp³-hybridized carbons (Fsp3) is 0.174. The van der Waals surface area contributed by atoms with Crippen LogP contribution in [0.4, 0.5) is 10.3 Å². The lowest BCUT2D eigenvalue weighted by Crippen LogP contribution is -2.11. The summed E-state index contributed by atoms with van der Waals surface area (Å²) < 4.78 is 19.0. The second-order valence-electron chi connectivity index (χ2n) is 6.63. The molecule has 0 aliphatic carbocycles. The predicted molar refractivity (Wildman–Crippen MR) is 112 cm³/mol. The second-order valence-corrected chi connectivity index (χ2v) is 6.63. The summed E-state index contributed by atoms with van der Waals surface area (Å²) in [6, 6.07) is 20.1. The zero-order valence-electron chi connectivity index (χ0n) is 16.3. The molecule has 1 atom stereocenters. The third-order valence-electron chi connectivity index (χ3n) is 4.58. The SMILES string of the molecule is CCOc1nc(N[C@H](C)c2ccccc2)nc2ccc(-c3ccc(F)cc3)nc12. The van der Waals surface area contributed by atoms with Gasteiger partial charge in [0, 0.05) is 5.56 Å². The van der Waals surface area contributed by atoms with Crippen LogP contribution in [-0.2, 0) is 0 Å². The number of hydrogen-bond acceptors (Lipinski definition) is 5. The standard InChI is InChI=1S/C23H21FN4O/c1-3-29-22-21-20(14-13-19(26-21)17-9-11-18(24)12-10-17)27-23(28-22)25-15(2)16-7-5-4-6-8-16/h4-15H,3H2,1-2H3,(H,25,27,28)/t15-/m1/s1. The van der Waals surface area contributed by atoms with E-state index in [0.717, 1.165) is 11.1 Å². The monoisotopic (exact) mass is 388 g/mol. The minimum absolute atomic E-state index is 0.0366. The van der Waals surface area contributed by atoms with Crippen LogP contribution in [0.5, 0.6) is 5.88 Å². The number of fused-ring (bicyclic) bond motifs is 1. The van der Waals surface area contributed by atoms with Crippen molar-refractivity contribution in [2.45, 2.75) is 19.9 Å². The zero-order valence-corrected chi connectivity index (χ0v) is 16.3. The van der Waals surface area contributed by atoms with E-state index in [4.69, 9.17) is 4.74 Å². The number of pyridine rings is 1. The van der Waals surface area contributed by atoms with Crippen LogP contribution in [0.1, 0.15) is 25.5 Å². The topological polar surface area (TPSA) is 59.9 Å². The van der Waals surface area contributed by atoms with Gasteiger partial charge in [-0.2, -0.15) is 4.98 Å². The number of hydrogen-bond donors (Lipinski definition) is 1. The third-order valence-corrected chi connectivity index (χ3v) is 4.58.